The molecule has 0 heterocycles. The Balaban J connectivity index is 3.00. The smallest absolute Gasteiger partial charge is 0.293 e. The summed E-state index contributed by atoms with van der Waals surface area (Å²) < 4.78 is 0. The molecule has 0 fully saturated rings. The van der Waals surface area contributed by atoms with Crippen molar-refractivity contribution < 1.29 is 4.79 Å². The Morgan fingerprint density at radius 3 is 2.69 bits per heavy atom. The maximum absolute atomic E-state index is 10.3. The number of primary amides is 1. The van der Waals surface area contributed by atoms with Crippen LogP contribution in [0.3, 0.4) is 0 Å². The molecule has 2 nitrogen and oxygen atoms in total. The highest BCUT2D eigenvalue weighted by Crippen LogP contribution is 2.01. The van der Waals surface area contributed by atoms with E-state index in [4.69, 9.17) is 12.2 Å². The summed E-state index contributed by atoms with van der Waals surface area (Å²) in [6.07, 6.45) is 5.18. The summed E-state index contributed by atoms with van der Waals surface area (Å²) in [6, 6.07) is 7.04. The Labute approximate surface area is 76.8 Å². The van der Waals surface area contributed by atoms with Crippen molar-refractivity contribution in [2.45, 2.75) is 0 Å². The molecule has 13 heavy (non-hydrogen) atoms. The standard InChI is InChI=1S/C11H7NO/c1-2-9-4-3-5-10(8-9)6-7-11(12)13/h1,3-5,8H,(H2,12,13). The van der Waals surface area contributed by atoms with Crippen LogP contribution in [0.2, 0.25) is 0 Å². The number of rotatable bonds is 0. The van der Waals surface area contributed by atoms with Gasteiger partial charge in [0.25, 0.3) is 5.91 Å². The zero-order valence-electron chi connectivity index (χ0n) is 6.87. The predicted octanol–water partition coefficient (Wildman–Crippen LogP) is 0.505. The summed E-state index contributed by atoms with van der Waals surface area (Å²) in [5.74, 6) is 6.66. The lowest BCUT2D eigenvalue weighted by Gasteiger charge is -1.90. The van der Waals surface area contributed by atoms with E-state index in [0.717, 1.165) is 5.56 Å². The zero-order valence-corrected chi connectivity index (χ0v) is 6.87. The molecular formula is C11H7NO. The molecule has 0 atom stereocenters. The summed E-state index contributed by atoms with van der Waals surface area (Å²) >= 11 is 0. The van der Waals surface area contributed by atoms with Gasteiger partial charge in [-0.15, -0.1) is 6.42 Å². The molecule has 0 unspecified atom stereocenters. The van der Waals surface area contributed by atoms with Crippen LogP contribution >= 0.6 is 0 Å². The average molecular weight is 169 g/mol. The van der Waals surface area contributed by atoms with E-state index in [0.29, 0.717) is 5.56 Å². The van der Waals surface area contributed by atoms with E-state index in [9.17, 15) is 4.79 Å². The first-order chi connectivity index (χ1) is 6.22. The molecule has 2 heteroatoms. The van der Waals surface area contributed by atoms with Gasteiger partial charge in [-0.25, -0.2) is 0 Å². The summed E-state index contributed by atoms with van der Waals surface area (Å²) in [5.41, 5.74) is 6.28. The van der Waals surface area contributed by atoms with Gasteiger partial charge in [0.2, 0.25) is 0 Å². The molecule has 0 aromatic heterocycles. The third-order valence-electron chi connectivity index (χ3n) is 1.36. The van der Waals surface area contributed by atoms with Gasteiger partial charge in [-0.2, -0.15) is 0 Å². The number of benzene rings is 1. The lowest BCUT2D eigenvalue weighted by atomic mass is 10.1. The highest BCUT2D eigenvalue weighted by atomic mass is 16.1. The predicted molar refractivity (Wildman–Crippen MR) is 50.4 cm³/mol. The molecule has 0 radical (unpaired) electrons. The summed E-state index contributed by atoms with van der Waals surface area (Å²) in [7, 11) is 0. The lowest BCUT2D eigenvalue weighted by Crippen LogP contribution is -2.06. The number of carbonyl (C=O) groups is 1. The van der Waals surface area contributed by atoms with Crippen molar-refractivity contribution in [2.75, 3.05) is 0 Å². The molecule has 0 aliphatic carbocycles. The monoisotopic (exact) mass is 169 g/mol. The van der Waals surface area contributed by atoms with Crippen LogP contribution in [0.25, 0.3) is 0 Å². The van der Waals surface area contributed by atoms with Crippen molar-refractivity contribution in [3.8, 4) is 24.2 Å². The molecule has 0 spiro atoms. The van der Waals surface area contributed by atoms with Crippen molar-refractivity contribution in [2.24, 2.45) is 5.73 Å². The number of amides is 1. The molecule has 1 aromatic carbocycles. The van der Waals surface area contributed by atoms with E-state index in [1.165, 1.54) is 0 Å². The van der Waals surface area contributed by atoms with Gasteiger partial charge in [-0.3, -0.25) is 4.79 Å². The van der Waals surface area contributed by atoms with Gasteiger partial charge in [0.15, 0.2) is 0 Å². The van der Waals surface area contributed by atoms with E-state index in [1.54, 1.807) is 24.3 Å². The first-order valence-corrected chi connectivity index (χ1v) is 3.60. The fourth-order valence-corrected chi connectivity index (χ4v) is 0.821. The van der Waals surface area contributed by atoms with E-state index < -0.39 is 5.91 Å². The van der Waals surface area contributed by atoms with Crippen molar-refractivity contribution in [1.82, 2.24) is 0 Å². The molecule has 0 aliphatic heterocycles. The van der Waals surface area contributed by atoms with Crippen LogP contribution in [0.5, 0.6) is 0 Å². The van der Waals surface area contributed by atoms with Crippen LogP contribution in [0.15, 0.2) is 24.3 Å². The van der Waals surface area contributed by atoms with Gasteiger partial charge in [-0.05, 0) is 24.1 Å². The van der Waals surface area contributed by atoms with Crippen LogP contribution in [0.4, 0.5) is 0 Å². The van der Waals surface area contributed by atoms with Crippen LogP contribution in [0, 0.1) is 24.2 Å². The van der Waals surface area contributed by atoms with Gasteiger partial charge >= 0.3 is 0 Å². The van der Waals surface area contributed by atoms with Gasteiger partial charge in [0.1, 0.15) is 0 Å². The molecule has 0 saturated carbocycles. The number of nitrogens with two attached hydrogens (primary N) is 1. The second-order valence-electron chi connectivity index (χ2n) is 2.34. The fourth-order valence-electron chi connectivity index (χ4n) is 0.821. The molecule has 1 rings (SSSR count). The number of carbonyl (C=O) groups excluding carboxylic acids is 1. The summed E-state index contributed by atoms with van der Waals surface area (Å²) in [6.45, 7) is 0. The third kappa shape index (κ3) is 2.73. The van der Waals surface area contributed by atoms with E-state index in [2.05, 4.69) is 17.8 Å². The Morgan fingerprint density at radius 2 is 2.08 bits per heavy atom. The molecule has 0 aliphatic rings. The van der Waals surface area contributed by atoms with Crippen LogP contribution in [-0.2, 0) is 4.79 Å². The van der Waals surface area contributed by atoms with Gasteiger partial charge in [-0.1, -0.05) is 17.9 Å². The van der Waals surface area contributed by atoms with Crippen molar-refractivity contribution in [3.63, 3.8) is 0 Å². The van der Waals surface area contributed by atoms with Crippen LogP contribution < -0.4 is 5.73 Å². The van der Waals surface area contributed by atoms with Crippen LogP contribution in [0.1, 0.15) is 11.1 Å². The van der Waals surface area contributed by atoms with Gasteiger partial charge < -0.3 is 5.73 Å². The maximum Gasteiger partial charge on any atom is 0.293 e. The minimum atomic E-state index is -0.647. The average Bonchev–Trinajstić information content (AvgIpc) is 2.15. The molecule has 0 saturated heterocycles. The Bertz CT molecular complexity index is 429. The Kier molecular flexibility index (Phi) is 2.73. The second kappa shape index (κ2) is 3.99. The first kappa shape index (κ1) is 8.90. The Hall–Kier alpha value is -2.19. The normalized spacial score (nSPS) is 7.92. The minimum absolute atomic E-state index is 0.647. The molecule has 2 N–H and O–H groups in total. The van der Waals surface area contributed by atoms with Gasteiger partial charge in [0.05, 0.1) is 0 Å². The van der Waals surface area contributed by atoms with Gasteiger partial charge in [0, 0.05) is 11.1 Å². The summed E-state index contributed by atoms with van der Waals surface area (Å²) in [4.78, 5) is 10.3. The zero-order chi connectivity index (χ0) is 9.68. The largest absolute Gasteiger partial charge is 0.359 e. The second-order valence-corrected chi connectivity index (χ2v) is 2.34. The third-order valence-corrected chi connectivity index (χ3v) is 1.36. The number of hydrogen-bond acceptors (Lipinski definition) is 1. The first-order valence-electron chi connectivity index (χ1n) is 3.60. The SMILES string of the molecule is C#Cc1cccc(C#CC(N)=O)c1. The molecule has 1 aromatic rings. The summed E-state index contributed by atoms with van der Waals surface area (Å²) in [5, 5.41) is 0. The Morgan fingerprint density at radius 1 is 1.38 bits per heavy atom. The fraction of sp³-hybridized carbons (Fsp3) is 0. The molecular weight excluding hydrogens is 162 g/mol. The topological polar surface area (TPSA) is 43.1 Å². The van der Waals surface area contributed by atoms with Crippen LogP contribution in [-0.4, -0.2) is 5.91 Å². The number of hydrogen-bond donors (Lipinski definition) is 1. The molecule has 0 bridgehead atoms. The molecule has 1 amide bonds. The van der Waals surface area contributed by atoms with Crippen molar-refractivity contribution in [3.05, 3.63) is 35.4 Å². The van der Waals surface area contributed by atoms with Crippen molar-refractivity contribution in [1.29, 1.82) is 0 Å². The lowest BCUT2D eigenvalue weighted by molar-refractivity contribution is -0.112. The highest BCUT2D eigenvalue weighted by Gasteiger charge is 1.89. The number of terminal acetylenes is 1. The quantitative estimate of drug-likeness (QED) is 0.565. The maximum atomic E-state index is 10.3. The van der Waals surface area contributed by atoms with E-state index >= 15 is 0 Å². The van der Waals surface area contributed by atoms with E-state index in [1.807, 2.05) is 0 Å². The molecule has 62 valence electrons. The van der Waals surface area contributed by atoms with Crippen molar-refractivity contribution >= 4 is 5.91 Å². The highest BCUT2D eigenvalue weighted by molar-refractivity contribution is 5.92. The van der Waals surface area contributed by atoms with E-state index in [-0.39, 0.29) is 0 Å². The minimum Gasteiger partial charge on any atom is -0.359 e.